The van der Waals surface area contributed by atoms with Crippen LogP contribution in [0.2, 0.25) is 0 Å². The van der Waals surface area contributed by atoms with E-state index >= 15 is 0 Å². The lowest BCUT2D eigenvalue weighted by Gasteiger charge is -2.36. The molecular formula is C20H23FN2O2S2. The van der Waals surface area contributed by atoms with Gasteiger partial charge in [0, 0.05) is 36.8 Å². The summed E-state index contributed by atoms with van der Waals surface area (Å²) in [5.41, 5.74) is 1.99. The Morgan fingerprint density at radius 2 is 1.78 bits per heavy atom. The normalized spacial score (nSPS) is 19.6. The van der Waals surface area contributed by atoms with Crippen molar-refractivity contribution in [1.29, 1.82) is 0 Å². The van der Waals surface area contributed by atoms with Crippen LogP contribution in [0.1, 0.15) is 18.4 Å². The van der Waals surface area contributed by atoms with Crippen LogP contribution >= 0.6 is 11.3 Å². The molecule has 0 amide bonds. The third-order valence-corrected chi connectivity index (χ3v) is 8.81. The van der Waals surface area contributed by atoms with Crippen molar-refractivity contribution in [1.82, 2.24) is 4.90 Å². The number of hydrogen-bond acceptors (Lipinski definition) is 5. The number of piperazine rings is 1. The van der Waals surface area contributed by atoms with Gasteiger partial charge in [-0.05, 0) is 67.1 Å². The molecule has 1 aromatic carbocycles. The van der Waals surface area contributed by atoms with E-state index in [0.717, 1.165) is 56.8 Å². The molecule has 0 saturated carbocycles. The van der Waals surface area contributed by atoms with Gasteiger partial charge in [0.2, 0.25) is 9.84 Å². The van der Waals surface area contributed by atoms with Gasteiger partial charge in [0.1, 0.15) is 10.0 Å². The van der Waals surface area contributed by atoms with Crippen LogP contribution in [0.25, 0.3) is 0 Å². The Morgan fingerprint density at radius 3 is 2.52 bits per heavy atom. The maximum Gasteiger partial charge on any atom is 0.212 e. The van der Waals surface area contributed by atoms with E-state index < -0.39 is 9.84 Å². The zero-order chi connectivity index (χ0) is 18.9. The van der Waals surface area contributed by atoms with Crippen LogP contribution in [0.5, 0.6) is 0 Å². The highest BCUT2D eigenvalue weighted by Gasteiger charge is 2.28. The Morgan fingerprint density at radius 1 is 1.04 bits per heavy atom. The number of anilines is 1. The lowest BCUT2D eigenvalue weighted by molar-refractivity contribution is 0.255. The third kappa shape index (κ3) is 3.95. The van der Waals surface area contributed by atoms with Gasteiger partial charge in [-0.1, -0.05) is 6.08 Å². The predicted molar refractivity (Wildman–Crippen MR) is 108 cm³/mol. The second-order valence-electron chi connectivity index (χ2n) is 7.02. The molecule has 4 nitrogen and oxygen atoms in total. The SMILES string of the molecule is O=S1(=O)C(CCCN2CCN(c3ccc(F)cc3)CC2)=CCc2ccsc21. The van der Waals surface area contributed by atoms with Crippen LogP contribution < -0.4 is 4.90 Å². The summed E-state index contributed by atoms with van der Waals surface area (Å²) < 4.78 is 38.9. The number of rotatable bonds is 5. The van der Waals surface area contributed by atoms with Crippen molar-refractivity contribution in [3.8, 4) is 0 Å². The van der Waals surface area contributed by atoms with Gasteiger partial charge >= 0.3 is 0 Å². The second kappa shape index (κ2) is 7.73. The molecule has 7 heteroatoms. The summed E-state index contributed by atoms with van der Waals surface area (Å²) in [7, 11) is -3.27. The molecule has 27 heavy (non-hydrogen) atoms. The van der Waals surface area contributed by atoms with Crippen LogP contribution in [0, 0.1) is 5.82 Å². The van der Waals surface area contributed by atoms with Crippen LogP contribution in [0.15, 0.2) is 50.9 Å². The van der Waals surface area contributed by atoms with E-state index in [-0.39, 0.29) is 5.82 Å². The molecular weight excluding hydrogens is 383 g/mol. The average Bonchev–Trinajstić information content (AvgIpc) is 3.15. The first kappa shape index (κ1) is 18.7. The summed E-state index contributed by atoms with van der Waals surface area (Å²) in [6, 6.07) is 8.55. The summed E-state index contributed by atoms with van der Waals surface area (Å²) >= 11 is 1.33. The first-order chi connectivity index (χ1) is 13.0. The maximum atomic E-state index is 13.1. The molecule has 3 heterocycles. The Kier molecular flexibility index (Phi) is 5.34. The zero-order valence-corrected chi connectivity index (χ0v) is 16.7. The lowest BCUT2D eigenvalue weighted by atomic mass is 10.2. The molecule has 1 saturated heterocycles. The summed E-state index contributed by atoms with van der Waals surface area (Å²) in [5.74, 6) is -0.209. The van der Waals surface area contributed by atoms with Gasteiger partial charge in [-0.25, -0.2) is 12.8 Å². The molecule has 0 aliphatic carbocycles. The second-order valence-corrected chi connectivity index (χ2v) is 10.1. The van der Waals surface area contributed by atoms with E-state index in [0.29, 0.717) is 15.5 Å². The highest BCUT2D eigenvalue weighted by molar-refractivity contribution is 7.97. The minimum Gasteiger partial charge on any atom is -0.369 e. The van der Waals surface area contributed by atoms with Crippen molar-refractivity contribution < 1.29 is 12.8 Å². The molecule has 2 aliphatic rings. The number of benzene rings is 1. The largest absolute Gasteiger partial charge is 0.369 e. The fraction of sp³-hybridized carbons (Fsp3) is 0.400. The van der Waals surface area contributed by atoms with Crippen LogP contribution in [0.3, 0.4) is 0 Å². The molecule has 0 N–H and O–H groups in total. The Hall–Kier alpha value is -1.70. The average molecular weight is 407 g/mol. The van der Waals surface area contributed by atoms with Crippen molar-refractivity contribution in [3.05, 3.63) is 58.1 Å². The van der Waals surface area contributed by atoms with E-state index in [1.54, 1.807) is 0 Å². The molecule has 2 aromatic rings. The van der Waals surface area contributed by atoms with E-state index in [4.69, 9.17) is 0 Å². The predicted octanol–water partition coefficient (Wildman–Crippen LogP) is 3.70. The number of nitrogens with zero attached hydrogens (tertiary/aromatic N) is 2. The lowest BCUT2D eigenvalue weighted by Crippen LogP contribution is -2.46. The summed E-state index contributed by atoms with van der Waals surface area (Å²) in [4.78, 5) is 5.23. The number of sulfone groups is 1. The minimum absolute atomic E-state index is 0.209. The van der Waals surface area contributed by atoms with Crippen LogP contribution in [-0.2, 0) is 16.3 Å². The summed E-state index contributed by atoms with van der Waals surface area (Å²) in [6.07, 6.45) is 4.07. The van der Waals surface area contributed by atoms with Gasteiger partial charge in [-0.2, -0.15) is 0 Å². The number of fused-ring (bicyclic) bond motifs is 1. The molecule has 0 atom stereocenters. The monoisotopic (exact) mass is 406 g/mol. The Bertz CT molecular complexity index is 927. The quantitative estimate of drug-likeness (QED) is 0.759. The number of hydrogen-bond donors (Lipinski definition) is 0. The molecule has 0 radical (unpaired) electrons. The maximum absolute atomic E-state index is 13.1. The number of halogens is 1. The third-order valence-electron chi connectivity index (χ3n) is 5.31. The van der Waals surface area contributed by atoms with E-state index in [1.807, 2.05) is 29.7 Å². The Labute approximate surface area is 163 Å². The van der Waals surface area contributed by atoms with Crippen molar-refractivity contribution in [3.63, 3.8) is 0 Å². The molecule has 0 unspecified atom stereocenters. The minimum atomic E-state index is -3.27. The van der Waals surface area contributed by atoms with Crippen molar-refractivity contribution >= 4 is 26.9 Å². The van der Waals surface area contributed by atoms with Gasteiger partial charge in [0.15, 0.2) is 0 Å². The van der Waals surface area contributed by atoms with Gasteiger partial charge in [0.25, 0.3) is 0 Å². The number of allylic oxidation sites excluding steroid dienone is 2. The standard InChI is InChI=1S/C20H23FN2O2S2/c21-17-4-6-18(7-5-17)23-13-11-22(12-14-23)10-1-2-19-8-3-16-9-15-26-20(16)27(19,24)25/h4-9,15H,1-3,10-14H2. The molecule has 0 spiro atoms. The van der Waals surface area contributed by atoms with E-state index in [9.17, 15) is 12.8 Å². The molecule has 144 valence electrons. The highest BCUT2D eigenvalue weighted by Crippen LogP contribution is 2.35. The first-order valence-electron chi connectivity index (χ1n) is 9.27. The highest BCUT2D eigenvalue weighted by atomic mass is 32.2. The fourth-order valence-electron chi connectivity index (χ4n) is 3.76. The molecule has 0 bridgehead atoms. The van der Waals surface area contributed by atoms with Crippen molar-refractivity contribution in [2.24, 2.45) is 0 Å². The van der Waals surface area contributed by atoms with Gasteiger partial charge in [-0.15, -0.1) is 11.3 Å². The molecule has 4 rings (SSSR count). The van der Waals surface area contributed by atoms with Crippen molar-refractivity contribution in [2.45, 2.75) is 23.5 Å². The summed E-state index contributed by atoms with van der Waals surface area (Å²) in [5, 5.41) is 1.86. The van der Waals surface area contributed by atoms with Crippen LogP contribution in [0.4, 0.5) is 10.1 Å². The first-order valence-corrected chi connectivity index (χ1v) is 11.6. The fourth-order valence-corrected chi connectivity index (χ4v) is 6.86. The smallest absolute Gasteiger partial charge is 0.212 e. The van der Waals surface area contributed by atoms with Crippen molar-refractivity contribution in [2.75, 3.05) is 37.6 Å². The summed E-state index contributed by atoms with van der Waals surface area (Å²) in [6.45, 7) is 4.61. The molecule has 1 fully saturated rings. The van der Waals surface area contributed by atoms with E-state index in [1.165, 1.54) is 23.5 Å². The number of thiophene rings is 1. The Balaban J connectivity index is 1.26. The van der Waals surface area contributed by atoms with Gasteiger partial charge in [-0.3, -0.25) is 4.90 Å². The molecule has 1 aromatic heterocycles. The van der Waals surface area contributed by atoms with Gasteiger partial charge in [0.05, 0.1) is 0 Å². The van der Waals surface area contributed by atoms with E-state index in [2.05, 4.69) is 9.80 Å². The van der Waals surface area contributed by atoms with Gasteiger partial charge < -0.3 is 4.90 Å². The molecule has 2 aliphatic heterocycles. The zero-order valence-electron chi connectivity index (χ0n) is 15.1. The topological polar surface area (TPSA) is 40.6 Å². The van der Waals surface area contributed by atoms with Crippen LogP contribution in [-0.4, -0.2) is 46.0 Å².